The topological polar surface area (TPSA) is 52.0 Å². The van der Waals surface area contributed by atoms with E-state index in [0.29, 0.717) is 17.7 Å². The van der Waals surface area contributed by atoms with Crippen LogP contribution in [0, 0.1) is 11.8 Å². The van der Waals surface area contributed by atoms with Crippen molar-refractivity contribution in [3.8, 4) is 0 Å². The molecule has 1 fully saturated rings. The van der Waals surface area contributed by atoms with Gasteiger partial charge in [0, 0.05) is 12.1 Å². The number of sulfone groups is 1. The molecule has 1 aromatic rings. The maximum atomic E-state index is 11.6. The summed E-state index contributed by atoms with van der Waals surface area (Å²) in [5.74, 6) is 1.49. The van der Waals surface area contributed by atoms with Crippen LogP contribution in [0.15, 0.2) is 12.3 Å². The first-order valence-corrected chi connectivity index (χ1v) is 10.1. The van der Waals surface area contributed by atoms with Crippen molar-refractivity contribution in [1.29, 1.82) is 0 Å². The van der Waals surface area contributed by atoms with Crippen LogP contribution < -0.4 is 0 Å². The molecule has 0 bridgehead atoms. The molecule has 0 N–H and O–H groups in total. The van der Waals surface area contributed by atoms with Crippen LogP contribution in [-0.4, -0.2) is 35.6 Å². The van der Waals surface area contributed by atoms with Crippen molar-refractivity contribution < 1.29 is 8.42 Å². The molecule has 6 heteroatoms. The average molecular weight is 333 g/mol. The minimum atomic E-state index is -2.84. The molecule has 2 unspecified atom stereocenters. The molecule has 0 aromatic carbocycles. The lowest BCUT2D eigenvalue weighted by atomic mass is 9.89. The quantitative estimate of drug-likeness (QED) is 0.721. The zero-order chi connectivity index (χ0) is 15.5. The summed E-state index contributed by atoms with van der Waals surface area (Å²) >= 11 is 6.09. The van der Waals surface area contributed by atoms with Crippen LogP contribution in [0.3, 0.4) is 0 Å². The Morgan fingerprint density at radius 1 is 1.43 bits per heavy atom. The summed E-state index contributed by atoms with van der Waals surface area (Å²) in [4.78, 5) is 0. The molecular formula is C15H25ClN2O2S. The van der Waals surface area contributed by atoms with Gasteiger partial charge in [-0.25, -0.2) is 8.42 Å². The third-order valence-corrected chi connectivity index (χ3v) is 6.77. The molecular weight excluding hydrogens is 308 g/mol. The van der Waals surface area contributed by atoms with Crippen molar-refractivity contribution in [3.63, 3.8) is 0 Å². The van der Waals surface area contributed by atoms with Gasteiger partial charge >= 0.3 is 0 Å². The maximum absolute atomic E-state index is 11.6. The molecule has 1 aliphatic rings. The van der Waals surface area contributed by atoms with E-state index in [1.807, 2.05) is 16.9 Å². The highest BCUT2D eigenvalue weighted by Crippen LogP contribution is 2.29. The Labute approximate surface area is 132 Å². The van der Waals surface area contributed by atoms with E-state index >= 15 is 0 Å². The molecule has 1 aromatic heterocycles. The molecule has 2 rings (SSSR count). The van der Waals surface area contributed by atoms with E-state index in [0.717, 1.165) is 31.4 Å². The lowest BCUT2D eigenvalue weighted by Crippen LogP contribution is -2.20. The average Bonchev–Trinajstić information content (AvgIpc) is 3.04. The van der Waals surface area contributed by atoms with Crippen molar-refractivity contribution in [2.24, 2.45) is 11.8 Å². The van der Waals surface area contributed by atoms with Gasteiger partial charge in [0.2, 0.25) is 0 Å². The molecule has 21 heavy (non-hydrogen) atoms. The molecule has 2 heterocycles. The van der Waals surface area contributed by atoms with Gasteiger partial charge in [0.15, 0.2) is 9.84 Å². The predicted octanol–water partition coefficient (Wildman–Crippen LogP) is 3.08. The minimum absolute atomic E-state index is 0.186. The number of halogens is 1. The summed E-state index contributed by atoms with van der Waals surface area (Å²) in [6.45, 7) is 4.33. The van der Waals surface area contributed by atoms with E-state index in [1.54, 1.807) is 0 Å². The minimum Gasteiger partial charge on any atom is -0.269 e. The molecule has 1 aliphatic heterocycles. The van der Waals surface area contributed by atoms with Crippen LogP contribution in [0.25, 0.3) is 0 Å². The number of nitrogens with zero attached hydrogens (tertiary/aromatic N) is 2. The van der Waals surface area contributed by atoms with Crippen molar-refractivity contribution in [3.05, 3.63) is 18.0 Å². The number of aromatic nitrogens is 2. The van der Waals surface area contributed by atoms with Crippen molar-refractivity contribution in [1.82, 2.24) is 9.78 Å². The summed E-state index contributed by atoms with van der Waals surface area (Å²) in [7, 11) is -2.84. The van der Waals surface area contributed by atoms with Gasteiger partial charge in [0.25, 0.3) is 0 Å². The predicted molar refractivity (Wildman–Crippen MR) is 86.5 cm³/mol. The summed E-state index contributed by atoms with van der Waals surface area (Å²) in [6.07, 6.45) is 5.68. The SMILES string of the molecule is CCC(CC)n1ccc(CC(CCl)C2CCS(=O)(=O)C2)n1. The Hall–Kier alpha value is -0.550. The van der Waals surface area contributed by atoms with Gasteiger partial charge in [0.1, 0.15) is 0 Å². The fraction of sp³-hybridized carbons (Fsp3) is 0.800. The van der Waals surface area contributed by atoms with E-state index in [-0.39, 0.29) is 17.6 Å². The Balaban J connectivity index is 2.02. The van der Waals surface area contributed by atoms with Gasteiger partial charge < -0.3 is 0 Å². The largest absolute Gasteiger partial charge is 0.269 e. The van der Waals surface area contributed by atoms with Gasteiger partial charge in [-0.15, -0.1) is 11.6 Å². The molecule has 4 nitrogen and oxygen atoms in total. The Morgan fingerprint density at radius 3 is 2.67 bits per heavy atom. The van der Waals surface area contributed by atoms with Crippen LogP contribution in [0.4, 0.5) is 0 Å². The standard InChI is InChI=1S/C15H25ClN2O2S/c1-3-15(4-2)18-7-5-14(17-18)9-13(10-16)12-6-8-21(19,20)11-12/h5,7,12-13,15H,3-4,6,8-11H2,1-2H3. The van der Waals surface area contributed by atoms with Crippen LogP contribution >= 0.6 is 11.6 Å². The van der Waals surface area contributed by atoms with E-state index in [4.69, 9.17) is 11.6 Å². The van der Waals surface area contributed by atoms with Crippen LogP contribution in [-0.2, 0) is 16.3 Å². The fourth-order valence-corrected chi connectivity index (χ4v) is 5.44. The number of rotatable bonds is 7. The van der Waals surface area contributed by atoms with Gasteiger partial charge in [-0.1, -0.05) is 13.8 Å². The van der Waals surface area contributed by atoms with Crippen molar-refractivity contribution in [2.45, 2.75) is 45.6 Å². The normalized spacial score (nSPS) is 22.8. The van der Waals surface area contributed by atoms with Gasteiger partial charge in [-0.2, -0.15) is 5.10 Å². The zero-order valence-corrected chi connectivity index (χ0v) is 14.4. The summed E-state index contributed by atoms with van der Waals surface area (Å²) in [5, 5.41) is 4.66. The molecule has 0 saturated carbocycles. The fourth-order valence-electron chi connectivity index (χ4n) is 3.16. The molecule has 1 saturated heterocycles. The lowest BCUT2D eigenvalue weighted by Gasteiger charge is -2.19. The third kappa shape index (κ3) is 4.22. The Bertz CT molecular complexity index is 552. The van der Waals surface area contributed by atoms with Crippen molar-refractivity contribution >= 4 is 21.4 Å². The monoisotopic (exact) mass is 332 g/mol. The van der Waals surface area contributed by atoms with Gasteiger partial charge in [-0.3, -0.25) is 4.68 Å². The summed E-state index contributed by atoms with van der Waals surface area (Å²) in [6, 6.07) is 2.49. The maximum Gasteiger partial charge on any atom is 0.150 e. The Kier molecular flexibility index (Phi) is 5.72. The van der Waals surface area contributed by atoms with E-state index in [2.05, 4.69) is 18.9 Å². The van der Waals surface area contributed by atoms with Gasteiger partial charge in [-0.05, 0) is 43.6 Å². The molecule has 120 valence electrons. The molecule has 2 atom stereocenters. The van der Waals surface area contributed by atoms with Crippen LogP contribution in [0.2, 0.25) is 0 Å². The van der Waals surface area contributed by atoms with E-state index in [9.17, 15) is 8.42 Å². The second kappa shape index (κ2) is 7.14. The number of hydrogen-bond donors (Lipinski definition) is 0. The third-order valence-electron chi connectivity index (χ3n) is 4.58. The second-order valence-electron chi connectivity index (χ2n) is 6.04. The van der Waals surface area contributed by atoms with Crippen LogP contribution in [0.1, 0.15) is 44.8 Å². The second-order valence-corrected chi connectivity index (χ2v) is 8.58. The highest BCUT2D eigenvalue weighted by molar-refractivity contribution is 7.91. The van der Waals surface area contributed by atoms with Crippen molar-refractivity contribution in [2.75, 3.05) is 17.4 Å². The smallest absolute Gasteiger partial charge is 0.150 e. The first kappa shape index (κ1) is 16.8. The zero-order valence-electron chi connectivity index (χ0n) is 12.8. The molecule has 0 radical (unpaired) electrons. The first-order chi connectivity index (χ1) is 9.99. The van der Waals surface area contributed by atoms with Gasteiger partial charge in [0.05, 0.1) is 23.2 Å². The lowest BCUT2D eigenvalue weighted by molar-refractivity contribution is 0.385. The van der Waals surface area contributed by atoms with E-state index in [1.165, 1.54) is 0 Å². The Morgan fingerprint density at radius 2 is 2.14 bits per heavy atom. The summed E-state index contributed by atoms with van der Waals surface area (Å²) < 4.78 is 25.3. The molecule has 0 amide bonds. The highest BCUT2D eigenvalue weighted by Gasteiger charge is 2.33. The summed E-state index contributed by atoms with van der Waals surface area (Å²) in [5.41, 5.74) is 1.02. The van der Waals surface area contributed by atoms with Crippen LogP contribution in [0.5, 0.6) is 0 Å². The first-order valence-electron chi connectivity index (χ1n) is 7.79. The molecule has 0 spiro atoms. The van der Waals surface area contributed by atoms with E-state index < -0.39 is 9.84 Å². The number of alkyl halides is 1. The molecule has 0 aliphatic carbocycles. The number of hydrogen-bond acceptors (Lipinski definition) is 3. The highest BCUT2D eigenvalue weighted by atomic mass is 35.5.